The van der Waals surface area contributed by atoms with Crippen LogP contribution < -0.4 is 10.5 Å². The number of imidazole rings is 1. The van der Waals surface area contributed by atoms with Crippen molar-refractivity contribution in [1.29, 1.82) is 0 Å². The molecule has 0 amide bonds. The van der Waals surface area contributed by atoms with Gasteiger partial charge in [-0.05, 0) is 0 Å². The molecule has 0 saturated heterocycles. The van der Waals surface area contributed by atoms with Gasteiger partial charge in [0.2, 0.25) is 0 Å². The van der Waals surface area contributed by atoms with Gasteiger partial charge in [0.15, 0.2) is 11.5 Å². The Hall–Kier alpha value is -1.39. The highest BCUT2D eigenvalue weighted by Crippen LogP contribution is 2.39. The maximum atomic E-state index is 10.8. The summed E-state index contributed by atoms with van der Waals surface area (Å²) in [6.07, 6.45) is 1.42. The Morgan fingerprint density at radius 2 is 2.24 bits per heavy atom. The van der Waals surface area contributed by atoms with Gasteiger partial charge in [0.25, 0.3) is 0 Å². The summed E-state index contributed by atoms with van der Waals surface area (Å²) in [5, 5.41) is 8.64. The SMILES string of the molecule is Nc1nc(OCC(CO)SCP(=O)(O)O)nc2nc[nH]c12. The molecule has 2 heterocycles. The smallest absolute Gasteiger partial charge is 0.335 e. The number of aliphatic hydroxyl groups excluding tert-OH is 1. The van der Waals surface area contributed by atoms with Crippen molar-refractivity contribution in [3.8, 4) is 6.01 Å². The molecule has 2 aromatic rings. The van der Waals surface area contributed by atoms with Gasteiger partial charge in [-0.3, -0.25) is 4.57 Å². The van der Waals surface area contributed by atoms with E-state index in [1.54, 1.807) is 0 Å². The molecule has 0 aliphatic rings. The molecule has 2 rings (SSSR count). The van der Waals surface area contributed by atoms with Crippen molar-refractivity contribution in [3.63, 3.8) is 0 Å². The summed E-state index contributed by atoms with van der Waals surface area (Å²) in [5.74, 6) is 0.177. The average Bonchev–Trinajstić information content (AvgIpc) is 2.86. The van der Waals surface area contributed by atoms with Gasteiger partial charge >= 0.3 is 13.6 Å². The number of fused-ring (bicyclic) bond motifs is 1. The zero-order valence-corrected chi connectivity index (χ0v) is 12.4. The molecular formula is C9H14N5O5PS. The molecule has 1 atom stereocenters. The Labute approximate surface area is 123 Å². The van der Waals surface area contributed by atoms with E-state index in [4.69, 9.17) is 25.4 Å². The van der Waals surface area contributed by atoms with Gasteiger partial charge in [-0.15, -0.1) is 11.8 Å². The molecule has 0 fully saturated rings. The molecule has 0 aliphatic carbocycles. The molecule has 21 heavy (non-hydrogen) atoms. The number of H-pyrrole nitrogens is 1. The molecule has 6 N–H and O–H groups in total. The number of nitrogens with one attached hydrogen (secondary N) is 1. The highest BCUT2D eigenvalue weighted by molar-refractivity contribution is 8.04. The number of hydrogen-bond donors (Lipinski definition) is 5. The molecule has 0 saturated carbocycles. The zero-order valence-electron chi connectivity index (χ0n) is 10.7. The molecule has 0 radical (unpaired) electrons. The Bertz CT molecular complexity index is 661. The summed E-state index contributed by atoms with van der Waals surface area (Å²) in [6.45, 7) is -0.318. The van der Waals surface area contributed by atoms with Crippen molar-refractivity contribution in [2.45, 2.75) is 5.25 Å². The first-order valence-corrected chi connectivity index (χ1v) is 8.60. The number of hydrogen-bond acceptors (Lipinski definition) is 8. The maximum absolute atomic E-state index is 10.8. The van der Waals surface area contributed by atoms with Crippen molar-refractivity contribution in [3.05, 3.63) is 6.33 Å². The third kappa shape index (κ3) is 4.55. The van der Waals surface area contributed by atoms with E-state index >= 15 is 0 Å². The summed E-state index contributed by atoms with van der Waals surface area (Å²) in [4.78, 5) is 32.2. The number of nitrogens with zero attached hydrogens (tertiary/aromatic N) is 3. The van der Waals surface area contributed by atoms with Crippen LogP contribution in [0.1, 0.15) is 0 Å². The number of aromatic amines is 1. The van der Waals surface area contributed by atoms with E-state index in [-0.39, 0.29) is 25.0 Å². The minimum absolute atomic E-state index is 0.0117. The van der Waals surface area contributed by atoms with Crippen LogP contribution in [0.5, 0.6) is 6.01 Å². The van der Waals surface area contributed by atoms with E-state index in [0.29, 0.717) is 11.2 Å². The van der Waals surface area contributed by atoms with Crippen molar-refractivity contribution in [2.75, 3.05) is 24.4 Å². The van der Waals surface area contributed by atoms with E-state index in [9.17, 15) is 4.57 Å². The second-order valence-corrected chi connectivity index (χ2v) is 7.43. The third-order valence-corrected chi connectivity index (χ3v) is 5.07. The zero-order chi connectivity index (χ0) is 15.5. The van der Waals surface area contributed by atoms with Gasteiger partial charge in [-0.25, -0.2) is 4.98 Å². The molecule has 0 spiro atoms. The van der Waals surface area contributed by atoms with Crippen LogP contribution in [-0.4, -0.2) is 58.8 Å². The summed E-state index contributed by atoms with van der Waals surface area (Å²) in [5.41, 5.74) is 6.14. The third-order valence-electron chi connectivity index (χ3n) is 2.37. The fraction of sp³-hybridized carbons (Fsp3) is 0.444. The topological polar surface area (TPSA) is 167 Å². The second kappa shape index (κ2) is 6.58. The lowest BCUT2D eigenvalue weighted by atomic mass is 10.5. The average molecular weight is 335 g/mol. The van der Waals surface area contributed by atoms with E-state index < -0.39 is 18.3 Å². The van der Waals surface area contributed by atoms with E-state index in [0.717, 1.165) is 11.8 Å². The van der Waals surface area contributed by atoms with Crippen molar-refractivity contribution < 1.29 is 24.2 Å². The highest BCUT2D eigenvalue weighted by atomic mass is 32.2. The molecule has 10 nitrogen and oxygen atoms in total. The Balaban J connectivity index is 1.97. The van der Waals surface area contributed by atoms with Gasteiger partial charge < -0.3 is 30.3 Å². The number of aromatic nitrogens is 4. The first kappa shape index (κ1) is 16.0. The lowest BCUT2D eigenvalue weighted by Crippen LogP contribution is -2.20. The van der Waals surface area contributed by atoms with Crippen LogP contribution in [0.25, 0.3) is 11.2 Å². The second-order valence-electron chi connectivity index (χ2n) is 4.07. The van der Waals surface area contributed by atoms with Crippen LogP contribution in [0, 0.1) is 0 Å². The van der Waals surface area contributed by atoms with Crippen LogP contribution >= 0.6 is 19.4 Å². The predicted octanol–water partition coefficient (Wildman–Crippen LogP) is -0.457. The number of anilines is 1. The molecule has 0 aliphatic heterocycles. The standard InChI is InChI=1S/C9H14N5O5PS/c10-7-6-8(12-3-11-6)14-9(13-7)19-2-5(1-15)21-4-20(16,17)18/h3,5,15H,1-2,4H2,(H2,16,17,18)(H3,10,11,12,13,14). The van der Waals surface area contributed by atoms with Gasteiger partial charge in [0, 0.05) is 0 Å². The number of aliphatic hydroxyl groups is 1. The van der Waals surface area contributed by atoms with E-state index in [2.05, 4.69) is 19.9 Å². The van der Waals surface area contributed by atoms with Gasteiger partial charge in [-0.2, -0.15) is 9.97 Å². The van der Waals surface area contributed by atoms with Crippen LogP contribution in [0.15, 0.2) is 6.33 Å². The van der Waals surface area contributed by atoms with Crippen molar-refractivity contribution >= 4 is 36.3 Å². The summed E-state index contributed by atoms with van der Waals surface area (Å²) in [6, 6.07) is -0.0117. The number of thioether (sulfide) groups is 1. The van der Waals surface area contributed by atoms with Crippen LogP contribution in [0.4, 0.5) is 5.82 Å². The Morgan fingerprint density at radius 3 is 2.90 bits per heavy atom. The molecule has 116 valence electrons. The summed E-state index contributed by atoms with van der Waals surface area (Å²) < 4.78 is 16.1. The van der Waals surface area contributed by atoms with Crippen molar-refractivity contribution in [2.24, 2.45) is 0 Å². The fourth-order valence-corrected chi connectivity index (χ4v) is 3.31. The maximum Gasteiger partial charge on any atom is 0.335 e. The predicted molar refractivity (Wildman–Crippen MR) is 77.0 cm³/mol. The fourth-order valence-electron chi connectivity index (χ4n) is 1.42. The molecule has 0 bridgehead atoms. The number of ether oxygens (including phenoxy) is 1. The normalized spacial score (nSPS) is 13.5. The van der Waals surface area contributed by atoms with Crippen LogP contribution in [0.3, 0.4) is 0 Å². The lowest BCUT2D eigenvalue weighted by molar-refractivity contribution is 0.232. The minimum atomic E-state index is -4.13. The van der Waals surface area contributed by atoms with Gasteiger partial charge in [0.1, 0.15) is 12.1 Å². The van der Waals surface area contributed by atoms with E-state index in [1.807, 2.05) is 0 Å². The largest absolute Gasteiger partial charge is 0.462 e. The minimum Gasteiger partial charge on any atom is -0.462 e. The van der Waals surface area contributed by atoms with E-state index in [1.165, 1.54) is 6.33 Å². The molecule has 1 unspecified atom stereocenters. The molecule has 0 aromatic carbocycles. The number of nitrogens with two attached hydrogens (primary N) is 1. The summed E-state index contributed by atoms with van der Waals surface area (Å²) >= 11 is 0.910. The lowest BCUT2D eigenvalue weighted by Gasteiger charge is -2.14. The molecule has 2 aromatic heterocycles. The number of rotatable bonds is 7. The van der Waals surface area contributed by atoms with Crippen LogP contribution in [0.2, 0.25) is 0 Å². The van der Waals surface area contributed by atoms with Gasteiger partial charge in [0.05, 0.1) is 23.7 Å². The van der Waals surface area contributed by atoms with Crippen LogP contribution in [-0.2, 0) is 4.57 Å². The first-order valence-electron chi connectivity index (χ1n) is 5.75. The monoisotopic (exact) mass is 335 g/mol. The Kier molecular flexibility index (Phi) is 5.01. The first-order chi connectivity index (χ1) is 9.89. The Morgan fingerprint density at radius 1 is 1.48 bits per heavy atom. The summed E-state index contributed by atoms with van der Waals surface area (Å²) in [7, 11) is -4.13. The van der Waals surface area contributed by atoms with Gasteiger partial charge in [-0.1, -0.05) is 0 Å². The quantitative estimate of drug-likeness (QED) is 0.418. The highest BCUT2D eigenvalue weighted by Gasteiger charge is 2.19. The molecular weight excluding hydrogens is 321 g/mol. The van der Waals surface area contributed by atoms with Crippen molar-refractivity contribution in [1.82, 2.24) is 19.9 Å². The number of nitrogen functional groups attached to an aromatic ring is 1. The molecule has 12 heteroatoms.